The van der Waals surface area contributed by atoms with E-state index in [-0.39, 0.29) is 0 Å². The Morgan fingerprint density at radius 1 is 1.46 bits per heavy atom. The molecule has 1 saturated carbocycles. The van der Waals surface area contributed by atoms with Gasteiger partial charge in [-0.05, 0) is 24.2 Å². The number of methoxy groups -OCH3 is 1. The maximum atomic E-state index is 7.40. The summed E-state index contributed by atoms with van der Waals surface area (Å²) < 4.78 is 3.85. The van der Waals surface area contributed by atoms with Gasteiger partial charge in [0.25, 0.3) is 6.26 Å². The van der Waals surface area contributed by atoms with E-state index in [9.17, 15) is 0 Å². The summed E-state index contributed by atoms with van der Waals surface area (Å²) in [6, 6.07) is 0. The van der Waals surface area contributed by atoms with Crippen LogP contribution in [0.15, 0.2) is 0 Å². The zero-order valence-corrected chi connectivity index (χ0v) is 9.26. The van der Waals surface area contributed by atoms with Crippen LogP contribution in [0.3, 0.4) is 0 Å². The van der Waals surface area contributed by atoms with E-state index in [1.54, 1.807) is 0 Å². The normalized spacial score (nSPS) is 25.0. The Bertz CT molecular complexity index is 169. The zero-order chi connectivity index (χ0) is 10.3. The van der Waals surface area contributed by atoms with E-state index in [0.717, 1.165) is 5.92 Å². The Morgan fingerprint density at radius 3 is 2.23 bits per heavy atom. The van der Waals surface area contributed by atoms with Gasteiger partial charge in [0, 0.05) is 0 Å². The van der Waals surface area contributed by atoms with E-state index in [4.69, 9.17) is 5.26 Å². The number of hydrogen-bond acceptors (Lipinski definition) is 2. The van der Waals surface area contributed by atoms with Crippen molar-refractivity contribution in [1.82, 2.24) is 0 Å². The fraction of sp³-hybridized carbons (Fsp3) is 0.909. The van der Waals surface area contributed by atoms with Gasteiger partial charge < -0.3 is 4.74 Å². The molecule has 1 fully saturated rings. The summed E-state index contributed by atoms with van der Waals surface area (Å²) in [4.78, 5) is 0. The molecule has 1 unspecified atom stereocenters. The van der Waals surface area contributed by atoms with Crippen LogP contribution in [-0.4, -0.2) is 7.11 Å². The minimum Gasteiger partial charge on any atom is -0.431 e. The van der Waals surface area contributed by atoms with E-state index < -0.39 is 0 Å². The number of ether oxygens (including phenoxy) is 1. The molecule has 1 aliphatic carbocycles. The summed E-state index contributed by atoms with van der Waals surface area (Å²) in [6.07, 6.45) is 7.22. The Kier molecular flexibility index (Phi) is 5.53. The second kappa shape index (κ2) is 5.85. The number of hydrogen-bond donors (Lipinski definition) is 0. The van der Waals surface area contributed by atoms with Crippen molar-refractivity contribution in [2.24, 2.45) is 11.3 Å². The fourth-order valence-corrected chi connectivity index (χ4v) is 2.08. The largest absolute Gasteiger partial charge is 0.431 e. The lowest BCUT2D eigenvalue weighted by atomic mass is 9.73. The van der Waals surface area contributed by atoms with E-state index in [0.29, 0.717) is 5.41 Å². The molecule has 0 bridgehead atoms. The molecule has 1 atom stereocenters. The molecule has 0 heterocycles. The molecule has 0 saturated heterocycles. The van der Waals surface area contributed by atoms with Crippen molar-refractivity contribution in [3.8, 4) is 6.26 Å². The highest BCUT2D eigenvalue weighted by atomic mass is 16.5. The van der Waals surface area contributed by atoms with Crippen molar-refractivity contribution < 1.29 is 4.74 Å². The average Bonchev–Trinajstić information content (AvgIpc) is 2.02. The lowest BCUT2D eigenvalue weighted by molar-refractivity contribution is 0.191. The SMILES string of the molecule is CC1CCCC(C)(C)C1.COC#N. The van der Waals surface area contributed by atoms with Gasteiger partial charge in [0.05, 0.1) is 7.11 Å². The van der Waals surface area contributed by atoms with Crippen LogP contribution in [0.2, 0.25) is 0 Å². The van der Waals surface area contributed by atoms with Crippen molar-refractivity contribution in [1.29, 1.82) is 5.26 Å². The predicted octanol–water partition coefficient (Wildman–Crippen LogP) is 3.34. The fourth-order valence-electron chi connectivity index (χ4n) is 2.08. The topological polar surface area (TPSA) is 33.0 Å². The monoisotopic (exact) mass is 183 g/mol. The Labute approximate surface area is 81.9 Å². The van der Waals surface area contributed by atoms with E-state index >= 15 is 0 Å². The standard InChI is InChI=1S/C9H18.C2H3NO/c1-8-5-4-6-9(2,3)7-8;1-4-2-3/h8H,4-7H2,1-3H3;1H3. The van der Waals surface area contributed by atoms with E-state index in [1.807, 2.05) is 0 Å². The van der Waals surface area contributed by atoms with Crippen LogP contribution in [0.4, 0.5) is 0 Å². The van der Waals surface area contributed by atoms with Crippen LogP contribution in [0.1, 0.15) is 46.5 Å². The van der Waals surface area contributed by atoms with Crippen LogP contribution < -0.4 is 0 Å². The van der Waals surface area contributed by atoms with Crippen molar-refractivity contribution in [2.75, 3.05) is 7.11 Å². The molecular weight excluding hydrogens is 162 g/mol. The van der Waals surface area contributed by atoms with Gasteiger partial charge in [0.15, 0.2) is 0 Å². The highest BCUT2D eigenvalue weighted by molar-refractivity contribution is 4.76. The summed E-state index contributed by atoms with van der Waals surface area (Å²) in [5.41, 5.74) is 0.650. The molecule has 76 valence electrons. The van der Waals surface area contributed by atoms with Gasteiger partial charge in [-0.15, -0.1) is 0 Å². The lowest BCUT2D eigenvalue weighted by Crippen LogP contribution is -2.20. The minimum atomic E-state index is 0.650. The first kappa shape index (κ1) is 12.3. The minimum absolute atomic E-state index is 0.650. The zero-order valence-electron chi connectivity index (χ0n) is 9.26. The van der Waals surface area contributed by atoms with Crippen LogP contribution in [-0.2, 0) is 4.74 Å². The van der Waals surface area contributed by atoms with Gasteiger partial charge in [0.2, 0.25) is 0 Å². The van der Waals surface area contributed by atoms with E-state index in [1.165, 1.54) is 39.0 Å². The Morgan fingerprint density at radius 2 is 2.00 bits per heavy atom. The smallest absolute Gasteiger partial charge is 0.286 e. The summed E-state index contributed by atoms with van der Waals surface area (Å²) in [7, 11) is 1.32. The quantitative estimate of drug-likeness (QED) is 0.540. The van der Waals surface area contributed by atoms with Crippen molar-refractivity contribution in [3.05, 3.63) is 0 Å². The molecular formula is C11H21NO. The highest BCUT2D eigenvalue weighted by Crippen LogP contribution is 2.37. The molecule has 0 spiro atoms. The van der Waals surface area contributed by atoms with Crippen LogP contribution in [0.5, 0.6) is 0 Å². The molecule has 1 aliphatic rings. The maximum absolute atomic E-state index is 7.40. The molecule has 0 aromatic heterocycles. The Balaban J connectivity index is 0.000000310. The third-order valence-corrected chi connectivity index (χ3v) is 2.54. The second-order valence-electron chi connectivity index (χ2n) is 4.66. The van der Waals surface area contributed by atoms with Gasteiger partial charge in [0.1, 0.15) is 0 Å². The summed E-state index contributed by atoms with van der Waals surface area (Å²) >= 11 is 0. The van der Waals surface area contributed by atoms with Crippen molar-refractivity contribution in [2.45, 2.75) is 46.5 Å². The lowest BCUT2D eigenvalue weighted by Gasteiger charge is -2.33. The highest BCUT2D eigenvalue weighted by Gasteiger charge is 2.24. The first-order valence-electron chi connectivity index (χ1n) is 4.94. The third-order valence-electron chi connectivity index (χ3n) is 2.54. The van der Waals surface area contributed by atoms with Gasteiger partial charge in [-0.3, -0.25) is 0 Å². The third kappa shape index (κ3) is 6.45. The molecule has 0 aliphatic heterocycles. The van der Waals surface area contributed by atoms with Crippen LogP contribution >= 0.6 is 0 Å². The summed E-state index contributed by atoms with van der Waals surface area (Å²) in [5.74, 6) is 0.980. The predicted molar refractivity (Wildman–Crippen MR) is 54.0 cm³/mol. The van der Waals surface area contributed by atoms with Crippen LogP contribution in [0.25, 0.3) is 0 Å². The molecule has 2 heteroatoms. The maximum Gasteiger partial charge on any atom is 0.286 e. The molecule has 1 rings (SSSR count). The Hall–Kier alpha value is -0.710. The number of nitriles is 1. The van der Waals surface area contributed by atoms with Crippen molar-refractivity contribution >= 4 is 0 Å². The number of rotatable bonds is 0. The average molecular weight is 183 g/mol. The van der Waals surface area contributed by atoms with Crippen LogP contribution in [0, 0.1) is 22.9 Å². The molecule has 0 aromatic rings. The first-order chi connectivity index (χ1) is 6.02. The number of nitrogens with zero attached hydrogens (tertiary/aromatic N) is 1. The van der Waals surface area contributed by atoms with Crippen molar-refractivity contribution in [3.63, 3.8) is 0 Å². The first-order valence-corrected chi connectivity index (χ1v) is 4.94. The summed E-state index contributed by atoms with van der Waals surface area (Å²) in [5, 5.41) is 7.40. The van der Waals surface area contributed by atoms with Gasteiger partial charge in [-0.1, -0.05) is 33.6 Å². The second-order valence-corrected chi connectivity index (χ2v) is 4.66. The molecule has 0 radical (unpaired) electrons. The molecule has 13 heavy (non-hydrogen) atoms. The van der Waals surface area contributed by atoms with E-state index in [2.05, 4.69) is 25.5 Å². The van der Waals surface area contributed by atoms with Gasteiger partial charge >= 0.3 is 0 Å². The molecule has 0 amide bonds. The van der Waals surface area contributed by atoms with Gasteiger partial charge in [-0.25, -0.2) is 0 Å². The molecule has 0 aromatic carbocycles. The summed E-state index contributed by atoms with van der Waals surface area (Å²) in [6.45, 7) is 7.16. The molecule has 0 N–H and O–H groups in total. The van der Waals surface area contributed by atoms with Gasteiger partial charge in [-0.2, -0.15) is 5.26 Å². The molecule has 2 nitrogen and oxygen atoms in total.